The summed E-state index contributed by atoms with van der Waals surface area (Å²) in [7, 11) is 0. The van der Waals surface area contributed by atoms with Gasteiger partial charge in [-0.25, -0.2) is 9.78 Å². The van der Waals surface area contributed by atoms with E-state index in [9.17, 15) is 4.79 Å². The van der Waals surface area contributed by atoms with Crippen LogP contribution in [0.5, 0.6) is 0 Å². The number of nitrogens with one attached hydrogen (secondary N) is 1. The number of thiazole rings is 1. The van der Waals surface area contributed by atoms with Crippen LogP contribution in [-0.4, -0.2) is 16.1 Å². The Morgan fingerprint density at radius 3 is 3.00 bits per heavy atom. The van der Waals surface area contributed by atoms with Crippen molar-refractivity contribution in [2.75, 3.05) is 5.32 Å². The molecule has 0 fully saturated rings. The molecule has 0 bridgehead atoms. The van der Waals surface area contributed by atoms with E-state index in [2.05, 4.69) is 48.8 Å². The maximum atomic E-state index is 10.7. The number of benzene rings is 1. The Morgan fingerprint density at radius 2 is 2.33 bits per heavy atom. The number of anilines is 1. The van der Waals surface area contributed by atoms with Gasteiger partial charge in [0, 0.05) is 19.1 Å². The highest BCUT2D eigenvalue weighted by Gasteiger charge is 2.09. The zero-order chi connectivity index (χ0) is 13.1. The molecule has 0 unspecified atom stereocenters. The summed E-state index contributed by atoms with van der Waals surface area (Å²) in [5.74, 6) is -0.985. The average Bonchev–Trinajstić information content (AvgIpc) is 2.79. The molecule has 0 aliphatic heterocycles. The first-order chi connectivity index (χ1) is 8.56. The number of rotatable bonds is 4. The fourth-order valence-corrected chi connectivity index (χ4v) is 2.84. The number of nitrogens with zero attached hydrogens (tertiary/aromatic N) is 1. The Hall–Kier alpha value is -0.670. The predicted molar refractivity (Wildman–Crippen MR) is 83.3 cm³/mol. The molecule has 94 valence electrons. The van der Waals surface area contributed by atoms with E-state index >= 15 is 0 Å². The highest BCUT2D eigenvalue weighted by molar-refractivity contribution is 14.1. The van der Waals surface area contributed by atoms with Gasteiger partial charge in [-0.2, -0.15) is 0 Å². The van der Waals surface area contributed by atoms with Crippen LogP contribution < -0.4 is 5.32 Å². The van der Waals surface area contributed by atoms with Gasteiger partial charge in [0.25, 0.3) is 0 Å². The van der Waals surface area contributed by atoms with Crippen molar-refractivity contribution in [2.45, 2.75) is 6.54 Å². The Kier molecular flexibility index (Phi) is 4.57. The largest absolute Gasteiger partial charge is 0.476 e. The van der Waals surface area contributed by atoms with Crippen LogP contribution in [0.25, 0.3) is 0 Å². The first kappa shape index (κ1) is 13.8. The van der Waals surface area contributed by atoms with Crippen LogP contribution in [0.1, 0.15) is 15.5 Å². The van der Waals surface area contributed by atoms with Crippen molar-refractivity contribution < 1.29 is 9.90 Å². The molecule has 18 heavy (non-hydrogen) atoms. The van der Waals surface area contributed by atoms with E-state index in [0.717, 1.165) is 30.8 Å². The molecule has 1 aromatic carbocycles. The lowest BCUT2D eigenvalue weighted by molar-refractivity contribution is 0.0696. The number of carboxylic acids is 1. The summed E-state index contributed by atoms with van der Waals surface area (Å²) >= 11 is 6.83. The van der Waals surface area contributed by atoms with E-state index < -0.39 is 5.97 Å². The zero-order valence-electron chi connectivity index (χ0n) is 8.98. The van der Waals surface area contributed by atoms with E-state index in [1.165, 1.54) is 0 Å². The predicted octanol–water partition coefficient (Wildman–Crippen LogP) is 3.82. The molecular weight excluding hydrogens is 431 g/mol. The number of halogens is 2. The van der Waals surface area contributed by atoms with Crippen LogP contribution >= 0.6 is 49.9 Å². The second-order valence-corrected chi connectivity index (χ2v) is 6.38. The molecule has 7 heteroatoms. The minimum absolute atomic E-state index is 0.119. The molecule has 2 rings (SSSR count). The van der Waals surface area contributed by atoms with Gasteiger partial charge >= 0.3 is 5.97 Å². The lowest BCUT2D eigenvalue weighted by Crippen LogP contribution is -2.02. The monoisotopic (exact) mass is 438 g/mol. The molecule has 0 radical (unpaired) electrons. The molecule has 2 aromatic rings. The summed E-state index contributed by atoms with van der Waals surface area (Å²) in [6, 6.07) is 5.98. The van der Waals surface area contributed by atoms with Gasteiger partial charge < -0.3 is 10.4 Å². The second-order valence-electron chi connectivity index (χ2n) is 3.43. The Labute approximate surface area is 130 Å². The summed E-state index contributed by atoms with van der Waals surface area (Å²) in [5, 5.41) is 13.9. The third-order valence-electron chi connectivity index (χ3n) is 2.12. The van der Waals surface area contributed by atoms with Gasteiger partial charge in [0.2, 0.25) is 5.01 Å². The molecule has 0 atom stereocenters. The molecule has 0 spiro atoms. The van der Waals surface area contributed by atoms with Crippen molar-refractivity contribution in [1.29, 1.82) is 0 Å². The van der Waals surface area contributed by atoms with E-state index in [-0.39, 0.29) is 5.01 Å². The molecule has 0 saturated carbocycles. The van der Waals surface area contributed by atoms with Crippen molar-refractivity contribution in [1.82, 2.24) is 4.98 Å². The topological polar surface area (TPSA) is 62.2 Å². The fourth-order valence-electron chi connectivity index (χ4n) is 1.31. The number of aromatic carboxylic acids is 1. The fraction of sp³-hybridized carbons (Fsp3) is 0.0909. The van der Waals surface area contributed by atoms with Crippen molar-refractivity contribution in [3.8, 4) is 0 Å². The standard InChI is InChI=1S/C11H8BrIN2O2S/c12-8-2-1-6(13)3-9(8)14-4-7-5-18-10(15-7)11(16)17/h1-3,5,14H,4H2,(H,16,17). The first-order valence-corrected chi connectivity index (χ1v) is 7.68. The van der Waals surface area contributed by atoms with E-state index in [4.69, 9.17) is 5.11 Å². The third kappa shape index (κ3) is 3.42. The van der Waals surface area contributed by atoms with Crippen LogP contribution in [0.3, 0.4) is 0 Å². The summed E-state index contributed by atoms with van der Waals surface area (Å²) in [4.78, 5) is 14.7. The van der Waals surface area contributed by atoms with Gasteiger partial charge in [0.1, 0.15) is 0 Å². The van der Waals surface area contributed by atoms with Gasteiger partial charge in [-0.15, -0.1) is 11.3 Å². The summed E-state index contributed by atoms with van der Waals surface area (Å²) in [6.45, 7) is 0.502. The van der Waals surface area contributed by atoms with Crippen LogP contribution in [0.15, 0.2) is 28.1 Å². The minimum atomic E-state index is -0.985. The molecule has 1 aromatic heterocycles. The summed E-state index contributed by atoms with van der Waals surface area (Å²) in [5.41, 5.74) is 1.69. The molecule has 0 aliphatic rings. The van der Waals surface area contributed by atoms with Crippen molar-refractivity contribution in [3.05, 3.63) is 42.3 Å². The molecule has 2 N–H and O–H groups in total. The van der Waals surface area contributed by atoms with Gasteiger partial charge in [-0.3, -0.25) is 0 Å². The Bertz CT molecular complexity index is 588. The number of hydrogen-bond acceptors (Lipinski definition) is 4. The number of carbonyl (C=O) groups is 1. The molecule has 4 nitrogen and oxygen atoms in total. The van der Waals surface area contributed by atoms with Crippen LogP contribution in [0, 0.1) is 3.57 Å². The first-order valence-electron chi connectivity index (χ1n) is 4.93. The van der Waals surface area contributed by atoms with Crippen molar-refractivity contribution >= 4 is 61.5 Å². The molecule has 0 aliphatic carbocycles. The van der Waals surface area contributed by atoms with Gasteiger partial charge in [-0.1, -0.05) is 0 Å². The zero-order valence-corrected chi connectivity index (χ0v) is 13.5. The van der Waals surface area contributed by atoms with E-state index in [1.807, 2.05) is 18.2 Å². The lowest BCUT2D eigenvalue weighted by atomic mass is 10.3. The van der Waals surface area contributed by atoms with E-state index in [0.29, 0.717) is 6.54 Å². The van der Waals surface area contributed by atoms with Crippen LogP contribution in [0.4, 0.5) is 5.69 Å². The quantitative estimate of drug-likeness (QED) is 0.712. The van der Waals surface area contributed by atoms with Gasteiger partial charge in [0.15, 0.2) is 0 Å². The number of hydrogen-bond donors (Lipinski definition) is 2. The minimum Gasteiger partial charge on any atom is -0.476 e. The summed E-state index contributed by atoms with van der Waals surface area (Å²) < 4.78 is 2.10. The average molecular weight is 439 g/mol. The number of carboxylic acid groups (broad SMARTS) is 1. The van der Waals surface area contributed by atoms with Crippen molar-refractivity contribution in [3.63, 3.8) is 0 Å². The summed E-state index contributed by atoms with van der Waals surface area (Å²) in [6.07, 6.45) is 0. The number of aromatic nitrogens is 1. The Balaban J connectivity index is 2.06. The second kappa shape index (κ2) is 5.98. The van der Waals surface area contributed by atoms with E-state index in [1.54, 1.807) is 5.38 Å². The highest BCUT2D eigenvalue weighted by atomic mass is 127. The SMILES string of the molecule is O=C(O)c1nc(CNc2cc(I)ccc2Br)cs1. The molecule has 1 heterocycles. The Morgan fingerprint density at radius 1 is 1.56 bits per heavy atom. The maximum absolute atomic E-state index is 10.7. The normalized spacial score (nSPS) is 10.3. The molecule has 0 saturated heterocycles. The molecular formula is C11H8BrIN2O2S. The third-order valence-corrected chi connectivity index (χ3v) is 4.36. The lowest BCUT2D eigenvalue weighted by Gasteiger charge is -2.07. The van der Waals surface area contributed by atoms with Crippen LogP contribution in [0.2, 0.25) is 0 Å². The smallest absolute Gasteiger partial charge is 0.365 e. The van der Waals surface area contributed by atoms with Gasteiger partial charge in [0.05, 0.1) is 12.2 Å². The molecule has 0 amide bonds. The van der Waals surface area contributed by atoms with Gasteiger partial charge in [-0.05, 0) is 56.7 Å². The van der Waals surface area contributed by atoms with Crippen molar-refractivity contribution in [2.24, 2.45) is 0 Å². The van der Waals surface area contributed by atoms with Crippen LogP contribution in [-0.2, 0) is 6.54 Å². The highest BCUT2D eigenvalue weighted by Crippen LogP contribution is 2.25. The maximum Gasteiger partial charge on any atom is 0.365 e.